The fraction of sp³-hybridized carbons (Fsp3) is 0.111. The van der Waals surface area contributed by atoms with E-state index in [9.17, 15) is 18.9 Å². The third kappa shape index (κ3) is 2.56. The summed E-state index contributed by atoms with van der Waals surface area (Å²) in [5, 5.41) is 20.9. The van der Waals surface area contributed by atoms with Gasteiger partial charge < -0.3 is 5.32 Å². The molecule has 0 saturated heterocycles. The first kappa shape index (κ1) is 12.3. The van der Waals surface area contributed by atoms with Crippen molar-refractivity contribution in [2.75, 3.05) is 5.32 Å². The van der Waals surface area contributed by atoms with E-state index in [1.807, 2.05) is 0 Å². The molecule has 1 heterocycles. The van der Waals surface area contributed by atoms with Crippen LogP contribution in [0.1, 0.15) is 5.56 Å². The van der Waals surface area contributed by atoms with Gasteiger partial charge in [-0.25, -0.2) is 4.39 Å². The van der Waals surface area contributed by atoms with Gasteiger partial charge in [-0.05, 0) is 0 Å². The summed E-state index contributed by atoms with van der Waals surface area (Å²) in [5.74, 6) is -2.05. The Morgan fingerprint density at radius 2 is 2.17 bits per heavy atom. The summed E-state index contributed by atoms with van der Waals surface area (Å²) in [6, 6.07) is 1.36. The SMILES string of the molecule is O=[N+]([O-])c1cc(CNc2nncs2)c(F)cc1F. The Hall–Kier alpha value is -2.16. The van der Waals surface area contributed by atoms with Crippen LogP contribution in [0, 0.1) is 21.7 Å². The Bertz CT molecular complexity index is 576. The third-order valence-electron chi connectivity index (χ3n) is 2.10. The molecule has 0 spiro atoms. The Kier molecular flexibility index (Phi) is 3.42. The Labute approximate surface area is 103 Å². The molecule has 1 N–H and O–H groups in total. The lowest BCUT2D eigenvalue weighted by atomic mass is 10.2. The van der Waals surface area contributed by atoms with E-state index in [1.54, 1.807) is 0 Å². The predicted octanol–water partition coefficient (Wildman–Crippen LogP) is 2.34. The number of hydrogen-bond donors (Lipinski definition) is 1. The van der Waals surface area contributed by atoms with E-state index in [0.717, 1.165) is 6.07 Å². The van der Waals surface area contributed by atoms with Crippen molar-refractivity contribution in [2.24, 2.45) is 0 Å². The van der Waals surface area contributed by atoms with E-state index in [1.165, 1.54) is 16.8 Å². The average molecular weight is 272 g/mol. The lowest BCUT2D eigenvalue weighted by molar-refractivity contribution is -0.387. The Morgan fingerprint density at radius 3 is 2.78 bits per heavy atom. The molecule has 1 aromatic heterocycles. The van der Waals surface area contributed by atoms with Crippen molar-refractivity contribution in [1.82, 2.24) is 10.2 Å². The number of aromatic nitrogens is 2. The molecule has 0 bridgehead atoms. The number of rotatable bonds is 4. The maximum atomic E-state index is 13.4. The number of hydrogen-bond acceptors (Lipinski definition) is 6. The molecule has 2 rings (SSSR count). The standard InChI is InChI=1S/C9H6F2N4O2S/c10-6-2-7(11)8(15(16)17)1-5(6)3-12-9-14-13-4-18-9/h1-2,4H,3H2,(H,12,14). The normalized spacial score (nSPS) is 10.3. The van der Waals surface area contributed by atoms with Crippen LogP contribution in [-0.2, 0) is 6.54 Å². The number of anilines is 1. The van der Waals surface area contributed by atoms with Crippen LogP contribution in [0.4, 0.5) is 19.6 Å². The second-order valence-corrected chi connectivity index (χ2v) is 4.08. The van der Waals surface area contributed by atoms with E-state index in [2.05, 4.69) is 15.5 Å². The smallest absolute Gasteiger partial charge is 0.305 e. The summed E-state index contributed by atoms with van der Waals surface area (Å²) in [6.45, 7) is -0.0395. The number of benzene rings is 1. The first-order valence-corrected chi connectivity index (χ1v) is 5.58. The van der Waals surface area contributed by atoms with E-state index >= 15 is 0 Å². The van der Waals surface area contributed by atoms with Gasteiger partial charge in [0.25, 0.3) is 0 Å². The van der Waals surface area contributed by atoms with Gasteiger partial charge in [0.05, 0.1) is 4.92 Å². The van der Waals surface area contributed by atoms with Gasteiger partial charge >= 0.3 is 5.69 Å². The topological polar surface area (TPSA) is 81.0 Å². The second-order valence-electron chi connectivity index (χ2n) is 3.25. The zero-order valence-electron chi connectivity index (χ0n) is 8.76. The second kappa shape index (κ2) is 5.00. The quantitative estimate of drug-likeness (QED) is 0.682. The van der Waals surface area contributed by atoms with Gasteiger partial charge in [-0.2, -0.15) is 4.39 Å². The molecule has 0 atom stereocenters. The number of nitro groups is 1. The molecule has 0 aliphatic rings. The summed E-state index contributed by atoms with van der Waals surface area (Å²) in [7, 11) is 0. The van der Waals surface area contributed by atoms with Crippen molar-refractivity contribution in [2.45, 2.75) is 6.54 Å². The van der Waals surface area contributed by atoms with Gasteiger partial charge in [-0.3, -0.25) is 10.1 Å². The summed E-state index contributed by atoms with van der Waals surface area (Å²) < 4.78 is 26.5. The van der Waals surface area contributed by atoms with Crippen LogP contribution in [0.25, 0.3) is 0 Å². The maximum Gasteiger partial charge on any atom is 0.305 e. The largest absolute Gasteiger partial charge is 0.356 e. The first-order valence-electron chi connectivity index (χ1n) is 4.70. The monoisotopic (exact) mass is 272 g/mol. The van der Waals surface area contributed by atoms with Crippen LogP contribution in [-0.4, -0.2) is 15.1 Å². The van der Waals surface area contributed by atoms with Crippen molar-refractivity contribution in [3.8, 4) is 0 Å². The molecule has 0 radical (unpaired) electrons. The molecule has 18 heavy (non-hydrogen) atoms. The minimum absolute atomic E-state index is 0.0155. The molecule has 0 unspecified atom stereocenters. The highest BCUT2D eigenvalue weighted by Gasteiger charge is 2.18. The van der Waals surface area contributed by atoms with Crippen LogP contribution in [0.15, 0.2) is 17.6 Å². The first-order chi connectivity index (χ1) is 8.58. The summed E-state index contributed by atoms with van der Waals surface area (Å²) in [6.07, 6.45) is 0. The molecule has 94 valence electrons. The third-order valence-corrected chi connectivity index (χ3v) is 2.75. The number of halogens is 2. The molecule has 1 aromatic carbocycles. The van der Waals surface area contributed by atoms with E-state index in [4.69, 9.17) is 0 Å². The predicted molar refractivity (Wildman–Crippen MR) is 60.2 cm³/mol. The van der Waals surface area contributed by atoms with Crippen molar-refractivity contribution in [3.05, 3.63) is 45.0 Å². The van der Waals surface area contributed by atoms with Crippen molar-refractivity contribution < 1.29 is 13.7 Å². The van der Waals surface area contributed by atoms with Gasteiger partial charge in [-0.15, -0.1) is 10.2 Å². The van der Waals surface area contributed by atoms with Crippen LogP contribution >= 0.6 is 11.3 Å². The van der Waals surface area contributed by atoms with Gasteiger partial charge in [0.15, 0.2) is 0 Å². The maximum absolute atomic E-state index is 13.4. The number of nitro benzene ring substituents is 1. The molecular weight excluding hydrogens is 266 g/mol. The van der Waals surface area contributed by atoms with Crippen molar-refractivity contribution in [3.63, 3.8) is 0 Å². The highest BCUT2D eigenvalue weighted by molar-refractivity contribution is 7.13. The summed E-state index contributed by atoms with van der Waals surface area (Å²) >= 11 is 1.20. The van der Waals surface area contributed by atoms with E-state index in [-0.39, 0.29) is 12.1 Å². The van der Waals surface area contributed by atoms with Crippen molar-refractivity contribution in [1.29, 1.82) is 0 Å². The fourth-order valence-corrected chi connectivity index (χ4v) is 1.72. The molecule has 0 aliphatic carbocycles. The molecule has 2 aromatic rings. The molecule has 0 aliphatic heterocycles. The van der Waals surface area contributed by atoms with Gasteiger partial charge in [0.2, 0.25) is 10.9 Å². The lowest BCUT2D eigenvalue weighted by Gasteiger charge is -2.04. The van der Waals surface area contributed by atoms with E-state index in [0.29, 0.717) is 11.2 Å². The molecule has 6 nitrogen and oxygen atoms in total. The van der Waals surface area contributed by atoms with Crippen LogP contribution in [0.5, 0.6) is 0 Å². The van der Waals surface area contributed by atoms with Crippen molar-refractivity contribution >= 4 is 22.2 Å². The van der Waals surface area contributed by atoms with Gasteiger partial charge in [-0.1, -0.05) is 11.3 Å². The molecule has 0 saturated carbocycles. The highest BCUT2D eigenvalue weighted by atomic mass is 32.1. The van der Waals surface area contributed by atoms with Gasteiger partial charge in [0, 0.05) is 24.2 Å². The Morgan fingerprint density at radius 1 is 1.39 bits per heavy atom. The molecule has 9 heteroatoms. The molecule has 0 fully saturated rings. The molecular formula is C9H6F2N4O2S. The highest BCUT2D eigenvalue weighted by Crippen LogP contribution is 2.22. The fourth-order valence-electron chi connectivity index (χ4n) is 1.28. The zero-order chi connectivity index (χ0) is 13.1. The van der Waals surface area contributed by atoms with Gasteiger partial charge in [0.1, 0.15) is 11.3 Å². The lowest BCUT2D eigenvalue weighted by Crippen LogP contribution is -2.04. The summed E-state index contributed by atoms with van der Waals surface area (Å²) in [5.41, 5.74) is 0.704. The van der Waals surface area contributed by atoms with Crippen LogP contribution in [0.2, 0.25) is 0 Å². The Balaban J connectivity index is 2.22. The molecule has 0 amide bonds. The number of nitrogens with zero attached hydrogens (tertiary/aromatic N) is 3. The minimum Gasteiger partial charge on any atom is -0.356 e. The average Bonchev–Trinajstić information content (AvgIpc) is 2.80. The van der Waals surface area contributed by atoms with Crippen LogP contribution in [0.3, 0.4) is 0 Å². The zero-order valence-corrected chi connectivity index (χ0v) is 9.58. The number of nitrogens with one attached hydrogen (secondary N) is 1. The van der Waals surface area contributed by atoms with Crippen LogP contribution < -0.4 is 5.32 Å². The summed E-state index contributed by atoms with van der Waals surface area (Å²) in [4.78, 5) is 9.62. The minimum atomic E-state index is -1.20. The van der Waals surface area contributed by atoms with E-state index < -0.39 is 22.2 Å².